The van der Waals surface area contributed by atoms with Crippen LogP contribution in [0.1, 0.15) is 6.42 Å². The van der Waals surface area contributed by atoms with Gasteiger partial charge in [0.2, 0.25) is 0 Å². The summed E-state index contributed by atoms with van der Waals surface area (Å²) in [6.45, 7) is 1.71. The van der Waals surface area contributed by atoms with Crippen LogP contribution < -0.4 is 11.1 Å². The maximum absolute atomic E-state index is 8.49. The lowest BCUT2D eigenvalue weighted by atomic mass is 10.4. The first kappa shape index (κ1) is 13.0. The first-order valence-electron chi connectivity index (χ1n) is 5.08. The maximum atomic E-state index is 8.49. The van der Waals surface area contributed by atoms with Gasteiger partial charge in [0.25, 0.3) is 0 Å². The van der Waals surface area contributed by atoms with Gasteiger partial charge in [-0.1, -0.05) is 11.6 Å². The molecular formula is C10H16ClN3O2. The van der Waals surface area contributed by atoms with Crippen molar-refractivity contribution in [3.05, 3.63) is 17.3 Å². The van der Waals surface area contributed by atoms with Gasteiger partial charge in [0.05, 0.1) is 18.9 Å². The van der Waals surface area contributed by atoms with Gasteiger partial charge in [-0.05, 0) is 18.6 Å². The zero-order valence-electron chi connectivity index (χ0n) is 8.95. The van der Waals surface area contributed by atoms with Crippen molar-refractivity contribution in [2.24, 2.45) is 0 Å². The Bertz CT molecular complexity index is 323. The summed E-state index contributed by atoms with van der Waals surface area (Å²) >= 11 is 5.74. The van der Waals surface area contributed by atoms with Crippen molar-refractivity contribution < 1.29 is 9.84 Å². The quantitative estimate of drug-likeness (QED) is 0.496. The van der Waals surface area contributed by atoms with Gasteiger partial charge in [0.1, 0.15) is 5.15 Å². The lowest BCUT2D eigenvalue weighted by Gasteiger charge is -2.08. The average molecular weight is 246 g/mol. The Morgan fingerprint density at radius 2 is 2.25 bits per heavy atom. The summed E-state index contributed by atoms with van der Waals surface area (Å²) in [6, 6.07) is 3.35. The summed E-state index contributed by atoms with van der Waals surface area (Å²) < 4.78 is 5.11. The van der Waals surface area contributed by atoms with Crippen LogP contribution in [0.15, 0.2) is 12.1 Å². The van der Waals surface area contributed by atoms with Crippen molar-refractivity contribution >= 4 is 23.1 Å². The number of pyridine rings is 1. The third-order valence-corrected chi connectivity index (χ3v) is 2.10. The van der Waals surface area contributed by atoms with Crippen molar-refractivity contribution in [1.82, 2.24) is 4.98 Å². The summed E-state index contributed by atoms with van der Waals surface area (Å²) in [6.07, 6.45) is 0.813. The minimum absolute atomic E-state index is 0.0518. The van der Waals surface area contributed by atoms with Crippen LogP contribution in [0, 0.1) is 0 Å². The fourth-order valence-electron chi connectivity index (χ4n) is 1.14. The summed E-state index contributed by atoms with van der Waals surface area (Å²) in [5, 5.41) is 12.0. The molecule has 0 atom stereocenters. The highest BCUT2D eigenvalue weighted by Crippen LogP contribution is 2.17. The van der Waals surface area contributed by atoms with E-state index in [0.29, 0.717) is 36.4 Å². The number of hydrogen-bond acceptors (Lipinski definition) is 5. The molecule has 0 aliphatic heterocycles. The number of nitrogen functional groups attached to an aromatic ring is 1. The van der Waals surface area contributed by atoms with E-state index < -0.39 is 0 Å². The number of aliphatic hydroxyl groups is 1. The lowest BCUT2D eigenvalue weighted by Crippen LogP contribution is -2.09. The number of nitrogens with zero attached hydrogens (tertiary/aromatic N) is 1. The zero-order valence-corrected chi connectivity index (χ0v) is 9.70. The number of nitrogens with one attached hydrogen (secondary N) is 1. The molecule has 0 saturated carbocycles. The second kappa shape index (κ2) is 7.27. The molecule has 1 aromatic heterocycles. The van der Waals surface area contributed by atoms with Gasteiger partial charge in [-0.15, -0.1) is 0 Å². The van der Waals surface area contributed by atoms with Crippen LogP contribution in [0.5, 0.6) is 0 Å². The van der Waals surface area contributed by atoms with Crippen molar-refractivity contribution in [3.63, 3.8) is 0 Å². The summed E-state index contributed by atoms with van der Waals surface area (Å²) in [4.78, 5) is 4.06. The Morgan fingerprint density at radius 3 is 3.00 bits per heavy atom. The molecule has 0 aliphatic rings. The van der Waals surface area contributed by atoms with Crippen LogP contribution >= 0.6 is 11.6 Å². The predicted octanol–water partition coefficient (Wildman–Crippen LogP) is 1.13. The van der Waals surface area contributed by atoms with Gasteiger partial charge < -0.3 is 20.9 Å². The predicted molar refractivity (Wildman–Crippen MR) is 64.7 cm³/mol. The van der Waals surface area contributed by atoms with Gasteiger partial charge >= 0.3 is 0 Å². The molecule has 0 amide bonds. The third kappa shape index (κ3) is 4.65. The molecule has 0 aromatic carbocycles. The number of aromatic nitrogens is 1. The Morgan fingerprint density at radius 1 is 1.44 bits per heavy atom. The summed E-state index contributed by atoms with van der Waals surface area (Å²) in [7, 11) is 0. The van der Waals surface area contributed by atoms with Crippen molar-refractivity contribution in [3.8, 4) is 0 Å². The Kier molecular flexibility index (Phi) is 5.92. The fourth-order valence-corrected chi connectivity index (χ4v) is 1.28. The molecule has 0 radical (unpaired) electrons. The minimum atomic E-state index is 0.0518. The topological polar surface area (TPSA) is 80.4 Å². The Labute approximate surface area is 99.6 Å². The van der Waals surface area contributed by atoms with E-state index in [-0.39, 0.29) is 6.61 Å². The average Bonchev–Trinajstić information content (AvgIpc) is 2.28. The zero-order chi connectivity index (χ0) is 11.8. The smallest absolute Gasteiger partial charge is 0.150 e. The lowest BCUT2D eigenvalue weighted by molar-refractivity contribution is 0.0922. The summed E-state index contributed by atoms with van der Waals surface area (Å²) in [5.74, 6) is 0.592. The molecular weight excluding hydrogens is 230 g/mol. The highest BCUT2D eigenvalue weighted by atomic mass is 35.5. The number of aliphatic hydroxyl groups excluding tert-OH is 1. The van der Waals surface area contributed by atoms with E-state index in [1.807, 2.05) is 0 Å². The van der Waals surface area contributed by atoms with Crippen LogP contribution in [-0.4, -0.2) is 36.5 Å². The summed E-state index contributed by atoms with van der Waals surface area (Å²) in [5.41, 5.74) is 6.27. The molecule has 90 valence electrons. The van der Waals surface area contributed by atoms with Crippen LogP contribution in [0.25, 0.3) is 0 Å². The normalized spacial score (nSPS) is 10.4. The molecule has 0 saturated heterocycles. The van der Waals surface area contributed by atoms with Crippen molar-refractivity contribution in [2.75, 3.05) is 37.4 Å². The van der Waals surface area contributed by atoms with E-state index >= 15 is 0 Å². The molecule has 0 aliphatic carbocycles. The fraction of sp³-hybridized carbons (Fsp3) is 0.500. The molecule has 1 rings (SSSR count). The van der Waals surface area contributed by atoms with Crippen LogP contribution in [0.3, 0.4) is 0 Å². The highest BCUT2D eigenvalue weighted by molar-refractivity contribution is 6.29. The first-order chi connectivity index (χ1) is 7.74. The first-order valence-corrected chi connectivity index (χ1v) is 5.46. The molecule has 6 heteroatoms. The second-order valence-electron chi connectivity index (χ2n) is 3.19. The highest BCUT2D eigenvalue weighted by Gasteiger charge is 2.00. The van der Waals surface area contributed by atoms with Crippen molar-refractivity contribution in [1.29, 1.82) is 0 Å². The molecule has 5 nitrogen and oxygen atoms in total. The molecule has 1 aromatic rings. The van der Waals surface area contributed by atoms with Gasteiger partial charge in [-0.25, -0.2) is 4.98 Å². The Balaban J connectivity index is 2.23. The number of nitrogens with two attached hydrogens (primary N) is 1. The van der Waals surface area contributed by atoms with Crippen LogP contribution in [0.4, 0.5) is 11.5 Å². The van der Waals surface area contributed by atoms with Gasteiger partial charge in [-0.3, -0.25) is 0 Å². The van der Waals surface area contributed by atoms with E-state index in [4.69, 9.17) is 27.2 Å². The third-order valence-electron chi connectivity index (χ3n) is 1.89. The molecule has 0 fully saturated rings. The van der Waals surface area contributed by atoms with E-state index in [2.05, 4.69) is 10.3 Å². The van der Waals surface area contributed by atoms with Gasteiger partial charge in [0, 0.05) is 13.2 Å². The number of anilines is 2. The standard InChI is InChI=1S/C10H16ClN3O2/c11-9-3-2-8(12)10(14-9)13-4-1-6-16-7-5-15/h2-3,15H,1,4-7,12H2,(H,13,14). The van der Waals surface area contributed by atoms with E-state index in [1.54, 1.807) is 12.1 Å². The minimum Gasteiger partial charge on any atom is -0.396 e. The SMILES string of the molecule is Nc1ccc(Cl)nc1NCCCOCCO. The van der Waals surface area contributed by atoms with Crippen LogP contribution in [-0.2, 0) is 4.74 Å². The van der Waals surface area contributed by atoms with E-state index in [1.165, 1.54) is 0 Å². The molecule has 0 unspecified atom stereocenters. The van der Waals surface area contributed by atoms with Gasteiger partial charge in [-0.2, -0.15) is 0 Å². The number of rotatable bonds is 7. The molecule has 0 spiro atoms. The number of hydrogen-bond donors (Lipinski definition) is 3. The maximum Gasteiger partial charge on any atom is 0.150 e. The molecule has 0 bridgehead atoms. The largest absolute Gasteiger partial charge is 0.396 e. The molecule has 1 heterocycles. The molecule has 4 N–H and O–H groups in total. The number of ether oxygens (including phenoxy) is 1. The monoisotopic (exact) mass is 245 g/mol. The molecule has 16 heavy (non-hydrogen) atoms. The van der Waals surface area contributed by atoms with E-state index in [9.17, 15) is 0 Å². The van der Waals surface area contributed by atoms with E-state index in [0.717, 1.165) is 6.42 Å². The number of halogens is 1. The Hall–Kier alpha value is -1.04. The second-order valence-corrected chi connectivity index (χ2v) is 3.58. The van der Waals surface area contributed by atoms with Crippen molar-refractivity contribution in [2.45, 2.75) is 6.42 Å². The van der Waals surface area contributed by atoms with Crippen LogP contribution in [0.2, 0.25) is 5.15 Å². The van der Waals surface area contributed by atoms with Gasteiger partial charge in [0.15, 0.2) is 5.82 Å².